The summed E-state index contributed by atoms with van der Waals surface area (Å²) in [7, 11) is 0. The van der Waals surface area contributed by atoms with E-state index in [1.54, 1.807) is 25.1 Å². The average Bonchev–Trinajstić information content (AvgIpc) is 2.92. The highest BCUT2D eigenvalue weighted by Crippen LogP contribution is 2.31. The first-order valence-corrected chi connectivity index (χ1v) is 9.33. The number of piperidine rings is 1. The van der Waals surface area contributed by atoms with Gasteiger partial charge in [-0.3, -0.25) is 19.3 Å². The lowest BCUT2D eigenvalue weighted by Gasteiger charge is -2.33. The van der Waals surface area contributed by atoms with Gasteiger partial charge in [0.2, 0.25) is 5.91 Å². The van der Waals surface area contributed by atoms with E-state index < -0.39 is 6.04 Å². The third-order valence-electron chi connectivity index (χ3n) is 5.13. The zero-order chi connectivity index (χ0) is 18.8. The van der Waals surface area contributed by atoms with E-state index in [1.807, 2.05) is 11.8 Å². The maximum atomic E-state index is 12.9. The summed E-state index contributed by atoms with van der Waals surface area (Å²) in [6.45, 7) is 5.26. The van der Waals surface area contributed by atoms with E-state index >= 15 is 0 Å². The third-order valence-corrected chi connectivity index (χ3v) is 5.53. The molecule has 0 saturated carbocycles. The largest absolute Gasteiger partial charge is 0.466 e. The SMILES string of the molecule is CCOC(=O)C1CCN([C@@H]2CC(=O)N(c3ccc(C)c(Cl)c3)C2=O)CC1. The van der Waals surface area contributed by atoms with Crippen molar-refractivity contribution in [3.05, 3.63) is 28.8 Å². The molecule has 0 spiro atoms. The smallest absolute Gasteiger partial charge is 0.309 e. The summed E-state index contributed by atoms with van der Waals surface area (Å²) in [6, 6.07) is 4.73. The second-order valence-corrected chi connectivity index (χ2v) is 7.19. The van der Waals surface area contributed by atoms with Crippen LogP contribution < -0.4 is 4.90 Å². The van der Waals surface area contributed by atoms with Gasteiger partial charge in [0.05, 0.1) is 30.7 Å². The van der Waals surface area contributed by atoms with Crippen molar-refractivity contribution in [2.24, 2.45) is 5.92 Å². The number of rotatable bonds is 4. The quantitative estimate of drug-likeness (QED) is 0.595. The predicted octanol–water partition coefficient (Wildman–Crippen LogP) is 2.56. The predicted molar refractivity (Wildman–Crippen MR) is 98.0 cm³/mol. The lowest BCUT2D eigenvalue weighted by Crippen LogP contribution is -2.47. The number of ether oxygens (including phenoxy) is 1. The summed E-state index contributed by atoms with van der Waals surface area (Å²) >= 11 is 6.14. The Bertz CT molecular complexity index is 728. The zero-order valence-electron chi connectivity index (χ0n) is 15.0. The fourth-order valence-electron chi connectivity index (χ4n) is 3.60. The maximum Gasteiger partial charge on any atom is 0.309 e. The Balaban J connectivity index is 1.68. The summed E-state index contributed by atoms with van der Waals surface area (Å²) in [4.78, 5) is 40.4. The number of carbonyl (C=O) groups is 3. The molecular weight excluding hydrogens is 356 g/mol. The third kappa shape index (κ3) is 3.62. The number of nitrogens with zero attached hydrogens (tertiary/aromatic N) is 2. The van der Waals surface area contributed by atoms with Crippen molar-refractivity contribution in [1.29, 1.82) is 0 Å². The molecule has 2 fully saturated rings. The Labute approximate surface area is 158 Å². The van der Waals surface area contributed by atoms with E-state index in [-0.39, 0.29) is 30.1 Å². The van der Waals surface area contributed by atoms with Crippen LogP contribution in [0.15, 0.2) is 18.2 Å². The summed E-state index contributed by atoms with van der Waals surface area (Å²) in [5, 5.41) is 0.529. The molecule has 0 aliphatic carbocycles. The van der Waals surface area contributed by atoms with Crippen LogP contribution in [0.4, 0.5) is 5.69 Å². The molecule has 6 nitrogen and oxygen atoms in total. The monoisotopic (exact) mass is 378 g/mol. The molecule has 26 heavy (non-hydrogen) atoms. The van der Waals surface area contributed by atoms with Gasteiger partial charge >= 0.3 is 5.97 Å². The topological polar surface area (TPSA) is 66.9 Å². The number of benzene rings is 1. The summed E-state index contributed by atoms with van der Waals surface area (Å²) in [6.07, 6.45) is 1.45. The van der Waals surface area contributed by atoms with Crippen LogP contribution in [-0.4, -0.2) is 48.4 Å². The molecule has 7 heteroatoms. The van der Waals surface area contributed by atoms with Crippen LogP contribution in [0.1, 0.15) is 31.7 Å². The summed E-state index contributed by atoms with van der Waals surface area (Å²) in [5.41, 5.74) is 1.41. The number of likely N-dealkylation sites (tertiary alicyclic amines) is 1. The molecule has 0 unspecified atom stereocenters. The molecule has 140 valence electrons. The Kier molecular flexibility index (Phi) is 5.63. The molecule has 0 N–H and O–H groups in total. The second-order valence-electron chi connectivity index (χ2n) is 6.78. The van der Waals surface area contributed by atoms with Gasteiger partial charge in [-0.15, -0.1) is 0 Å². The fourth-order valence-corrected chi connectivity index (χ4v) is 3.78. The van der Waals surface area contributed by atoms with Crippen LogP contribution in [0, 0.1) is 12.8 Å². The van der Waals surface area contributed by atoms with E-state index in [0.717, 1.165) is 5.56 Å². The highest BCUT2D eigenvalue weighted by molar-refractivity contribution is 6.32. The number of amides is 2. The first kappa shape index (κ1) is 18.9. The molecule has 0 radical (unpaired) electrons. The lowest BCUT2D eigenvalue weighted by molar-refractivity contribution is -0.149. The molecule has 0 bridgehead atoms. The van der Waals surface area contributed by atoms with E-state index in [9.17, 15) is 14.4 Å². The number of aryl methyl sites for hydroxylation is 1. The van der Waals surface area contributed by atoms with Gasteiger partial charge in [-0.1, -0.05) is 17.7 Å². The van der Waals surface area contributed by atoms with Gasteiger partial charge in [0.15, 0.2) is 0 Å². The van der Waals surface area contributed by atoms with Crippen LogP contribution in [0.2, 0.25) is 5.02 Å². The summed E-state index contributed by atoms with van der Waals surface area (Å²) < 4.78 is 5.08. The maximum absolute atomic E-state index is 12.9. The molecular formula is C19H23ClN2O4. The van der Waals surface area contributed by atoms with Gasteiger partial charge < -0.3 is 4.74 Å². The number of anilines is 1. The highest BCUT2D eigenvalue weighted by Gasteiger charge is 2.44. The summed E-state index contributed by atoms with van der Waals surface area (Å²) in [5.74, 6) is -0.723. The first-order chi connectivity index (χ1) is 12.4. The lowest BCUT2D eigenvalue weighted by atomic mass is 9.95. The molecule has 3 rings (SSSR count). The molecule has 2 saturated heterocycles. The molecule has 1 aromatic rings. The van der Waals surface area contributed by atoms with Crippen molar-refractivity contribution >= 4 is 35.1 Å². The van der Waals surface area contributed by atoms with Crippen LogP contribution in [0.3, 0.4) is 0 Å². The normalized spacial score (nSPS) is 22.1. The molecule has 2 amide bonds. The molecule has 0 aromatic heterocycles. The van der Waals surface area contributed by atoms with Crippen molar-refractivity contribution in [2.45, 2.75) is 39.2 Å². The number of halogens is 1. The van der Waals surface area contributed by atoms with Gasteiger partial charge in [0.1, 0.15) is 0 Å². The van der Waals surface area contributed by atoms with Crippen LogP contribution in [-0.2, 0) is 19.1 Å². The van der Waals surface area contributed by atoms with E-state index in [0.29, 0.717) is 43.2 Å². The number of hydrogen-bond donors (Lipinski definition) is 0. The van der Waals surface area contributed by atoms with Gasteiger partial charge in [0, 0.05) is 5.02 Å². The number of hydrogen-bond acceptors (Lipinski definition) is 5. The average molecular weight is 379 g/mol. The van der Waals surface area contributed by atoms with E-state index in [1.165, 1.54) is 4.90 Å². The van der Waals surface area contributed by atoms with Crippen molar-refractivity contribution in [3.8, 4) is 0 Å². The van der Waals surface area contributed by atoms with Gasteiger partial charge in [-0.2, -0.15) is 0 Å². The Morgan fingerprint density at radius 1 is 1.27 bits per heavy atom. The number of carbonyl (C=O) groups excluding carboxylic acids is 3. The fraction of sp³-hybridized carbons (Fsp3) is 0.526. The van der Waals surface area contributed by atoms with Crippen molar-refractivity contribution in [3.63, 3.8) is 0 Å². The zero-order valence-corrected chi connectivity index (χ0v) is 15.8. The van der Waals surface area contributed by atoms with E-state index in [2.05, 4.69) is 0 Å². The molecule has 2 heterocycles. The van der Waals surface area contributed by atoms with Gasteiger partial charge in [-0.25, -0.2) is 4.90 Å². The minimum Gasteiger partial charge on any atom is -0.466 e. The van der Waals surface area contributed by atoms with E-state index in [4.69, 9.17) is 16.3 Å². The van der Waals surface area contributed by atoms with Crippen molar-refractivity contribution < 1.29 is 19.1 Å². The van der Waals surface area contributed by atoms with Gasteiger partial charge in [0.25, 0.3) is 5.91 Å². The van der Waals surface area contributed by atoms with Crippen LogP contribution in [0.5, 0.6) is 0 Å². The minimum absolute atomic E-state index is 0.120. The Morgan fingerprint density at radius 3 is 2.58 bits per heavy atom. The molecule has 1 atom stereocenters. The number of esters is 1. The van der Waals surface area contributed by atoms with Crippen molar-refractivity contribution in [2.75, 3.05) is 24.6 Å². The highest BCUT2D eigenvalue weighted by atomic mass is 35.5. The van der Waals surface area contributed by atoms with Crippen LogP contribution >= 0.6 is 11.6 Å². The Hall–Kier alpha value is -1.92. The minimum atomic E-state index is -0.467. The first-order valence-electron chi connectivity index (χ1n) is 8.96. The molecule has 1 aromatic carbocycles. The van der Waals surface area contributed by atoms with Gasteiger partial charge in [-0.05, 0) is 57.5 Å². The molecule has 2 aliphatic rings. The number of imide groups is 1. The second kappa shape index (κ2) is 7.76. The Morgan fingerprint density at radius 2 is 1.96 bits per heavy atom. The standard InChI is InChI=1S/C19H23ClN2O4/c1-3-26-19(25)13-6-8-21(9-7-13)16-11-17(23)22(18(16)24)14-5-4-12(2)15(20)10-14/h4-5,10,13,16H,3,6-9,11H2,1-2H3/t16-/m1/s1. The molecule has 2 aliphatic heterocycles. The van der Waals surface area contributed by atoms with Crippen LogP contribution in [0.25, 0.3) is 0 Å². The van der Waals surface area contributed by atoms with Crippen molar-refractivity contribution in [1.82, 2.24) is 4.90 Å².